The summed E-state index contributed by atoms with van der Waals surface area (Å²) in [4.78, 5) is 18.0. The van der Waals surface area contributed by atoms with Crippen LogP contribution in [-0.2, 0) is 11.2 Å². The van der Waals surface area contributed by atoms with Gasteiger partial charge in [0.25, 0.3) is 0 Å². The molecule has 4 atom stereocenters. The molecule has 0 radical (unpaired) electrons. The molecule has 132 valence electrons. The smallest absolute Gasteiger partial charge is 0.317 e. The molecule has 2 aromatic rings. The van der Waals surface area contributed by atoms with Crippen LogP contribution in [0.25, 0.3) is 10.9 Å². The fraction of sp³-hybridized carbons (Fsp3) is 0.550. The fourth-order valence-corrected chi connectivity index (χ4v) is 5.19. The van der Waals surface area contributed by atoms with Gasteiger partial charge in [-0.05, 0) is 37.8 Å². The quantitative estimate of drug-likeness (QED) is 0.903. The minimum atomic E-state index is 0.0892. The zero-order valence-corrected chi connectivity index (χ0v) is 14.6. The first-order chi connectivity index (χ1) is 12.2. The monoisotopic (exact) mass is 339 g/mol. The van der Waals surface area contributed by atoms with E-state index in [0.29, 0.717) is 30.6 Å². The molecule has 0 unspecified atom stereocenters. The molecule has 25 heavy (non-hydrogen) atoms. The number of likely N-dealkylation sites (tertiary alicyclic amines) is 1. The van der Waals surface area contributed by atoms with Gasteiger partial charge in [0.05, 0.1) is 12.2 Å². The first kappa shape index (κ1) is 15.3. The number of aromatic amines is 1. The Morgan fingerprint density at radius 3 is 2.72 bits per heavy atom. The summed E-state index contributed by atoms with van der Waals surface area (Å²) in [6, 6.07) is 8.45. The first-order valence-corrected chi connectivity index (χ1v) is 9.45. The third kappa shape index (κ3) is 2.44. The lowest BCUT2D eigenvalue weighted by molar-refractivity contribution is 0.0739. The summed E-state index contributed by atoms with van der Waals surface area (Å²) in [6.07, 6.45) is 4.03. The number of H-pyrrole nitrogens is 1. The number of carbonyl (C=O) groups excluding carboxylic acids is 1. The van der Waals surface area contributed by atoms with Crippen LogP contribution in [0.4, 0.5) is 4.79 Å². The van der Waals surface area contributed by atoms with Crippen LogP contribution in [0.5, 0.6) is 0 Å². The van der Waals surface area contributed by atoms with E-state index >= 15 is 0 Å². The van der Waals surface area contributed by atoms with Gasteiger partial charge in [-0.2, -0.15) is 0 Å². The van der Waals surface area contributed by atoms with Crippen molar-refractivity contribution in [3.05, 3.63) is 35.5 Å². The highest BCUT2D eigenvalue weighted by Gasteiger charge is 2.53. The maximum atomic E-state index is 12.6. The Morgan fingerprint density at radius 1 is 1.24 bits per heavy atom. The van der Waals surface area contributed by atoms with E-state index in [-0.39, 0.29) is 6.03 Å². The predicted octanol–water partition coefficient (Wildman–Crippen LogP) is 2.84. The number of ether oxygens (including phenoxy) is 1. The van der Waals surface area contributed by atoms with Gasteiger partial charge in [-0.1, -0.05) is 18.2 Å². The summed E-state index contributed by atoms with van der Waals surface area (Å²) >= 11 is 0. The number of benzene rings is 1. The summed E-state index contributed by atoms with van der Waals surface area (Å²) in [5.41, 5.74) is 3.67. The Balaban J connectivity index is 1.19. The predicted molar refractivity (Wildman–Crippen MR) is 96.6 cm³/mol. The largest absolute Gasteiger partial charge is 0.374 e. The van der Waals surface area contributed by atoms with Gasteiger partial charge in [-0.15, -0.1) is 0 Å². The van der Waals surface area contributed by atoms with Gasteiger partial charge in [0, 0.05) is 48.1 Å². The molecule has 2 bridgehead atoms. The molecule has 0 saturated carbocycles. The van der Waals surface area contributed by atoms with Crippen molar-refractivity contribution in [2.24, 2.45) is 11.8 Å². The molecule has 5 rings (SSSR count). The van der Waals surface area contributed by atoms with Gasteiger partial charge >= 0.3 is 6.03 Å². The van der Waals surface area contributed by atoms with Crippen molar-refractivity contribution >= 4 is 16.9 Å². The van der Waals surface area contributed by atoms with E-state index in [9.17, 15) is 4.79 Å². The minimum Gasteiger partial charge on any atom is -0.374 e. The zero-order valence-electron chi connectivity index (χ0n) is 14.6. The highest BCUT2D eigenvalue weighted by molar-refractivity contribution is 5.84. The first-order valence-electron chi connectivity index (χ1n) is 9.45. The SMILES string of the molecule is Cc1[nH]c2ccccc2c1CCNC(=O)N1C[C@@H]2[C@H](C1)[C@H]1CC[C@H]2O1. The van der Waals surface area contributed by atoms with Crippen molar-refractivity contribution in [1.29, 1.82) is 0 Å². The van der Waals surface area contributed by atoms with E-state index in [0.717, 1.165) is 19.5 Å². The van der Waals surface area contributed by atoms with Crippen molar-refractivity contribution in [1.82, 2.24) is 15.2 Å². The summed E-state index contributed by atoms with van der Waals surface area (Å²) in [7, 11) is 0. The highest BCUT2D eigenvalue weighted by atomic mass is 16.5. The maximum Gasteiger partial charge on any atom is 0.317 e. The number of hydrogen-bond donors (Lipinski definition) is 2. The van der Waals surface area contributed by atoms with Crippen molar-refractivity contribution in [2.45, 2.75) is 38.4 Å². The second-order valence-electron chi connectivity index (χ2n) is 7.78. The van der Waals surface area contributed by atoms with Crippen LogP contribution in [-0.4, -0.2) is 47.8 Å². The van der Waals surface area contributed by atoms with Crippen molar-refractivity contribution in [3.8, 4) is 0 Å². The molecule has 3 fully saturated rings. The summed E-state index contributed by atoms with van der Waals surface area (Å²) in [5, 5.41) is 4.39. The molecule has 1 aromatic heterocycles. The summed E-state index contributed by atoms with van der Waals surface area (Å²) in [5.74, 6) is 1.14. The Bertz CT molecular complexity index is 796. The molecular formula is C20H25N3O2. The van der Waals surface area contributed by atoms with E-state index in [1.165, 1.54) is 35.0 Å². The molecule has 3 saturated heterocycles. The molecular weight excluding hydrogens is 314 g/mol. The van der Waals surface area contributed by atoms with Gasteiger partial charge in [0.15, 0.2) is 0 Å². The van der Waals surface area contributed by atoms with E-state index < -0.39 is 0 Å². The van der Waals surface area contributed by atoms with Crippen LogP contribution in [0.1, 0.15) is 24.1 Å². The molecule has 1 aromatic carbocycles. The van der Waals surface area contributed by atoms with Crippen LogP contribution >= 0.6 is 0 Å². The van der Waals surface area contributed by atoms with Crippen molar-refractivity contribution < 1.29 is 9.53 Å². The Kier molecular flexibility index (Phi) is 3.52. The number of aryl methyl sites for hydroxylation is 1. The molecule has 3 aliphatic rings. The van der Waals surface area contributed by atoms with E-state index in [1.54, 1.807) is 0 Å². The van der Waals surface area contributed by atoms with Gasteiger partial charge in [-0.25, -0.2) is 4.79 Å². The Morgan fingerprint density at radius 2 is 1.96 bits per heavy atom. The molecule has 5 heteroatoms. The van der Waals surface area contributed by atoms with E-state index in [4.69, 9.17) is 4.74 Å². The lowest BCUT2D eigenvalue weighted by Crippen LogP contribution is -2.40. The topological polar surface area (TPSA) is 57.4 Å². The molecule has 3 aliphatic heterocycles. The average molecular weight is 339 g/mol. The van der Waals surface area contributed by atoms with Gasteiger partial charge in [0.2, 0.25) is 0 Å². The number of urea groups is 1. The number of hydrogen-bond acceptors (Lipinski definition) is 2. The normalized spacial score (nSPS) is 30.2. The standard InChI is InChI=1S/C20H25N3O2/c1-12-13(14-4-2-3-5-17(14)22-12)8-9-21-20(24)23-10-15-16(11-23)19-7-6-18(15)25-19/h2-5,15-16,18-19,22H,6-11H2,1H3,(H,21,24)/t15-,16+,18-,19-/m1/s1. The van der Waals surface area contributed by atoms with E-state index in [1.807, 2.05) is 11.0 Å². The van der Waals surface area contributed by atoms with Crippen molar-refractivity contribution in [2.75, 3.05) is 19.6 Å². The zero-order chi connectivity index (χ0) is 17.0. The van der Waals surface area contributed by atoms with Crippen LogP contribution in [0.2, 0.25) is 0 Å². The maximum absolute atomic E-state index is 12.6. The summed E-state index contributed by atoms with van der Waals surface area (Å²) < 4.78 is 5.99. The lowest BCUT2D eigenvalue weighted by atomic mass is 9.82. The number of nitrogens with zero attached hydrogens (tertiary/aromatic N) is 1. The van der Waals surface area contributed by atoms with Crippen LogP contribution in [0.15, 0.2) is 24.3 Å². The number of carbonyl (C=O) groups is 1. The number of nitrogens with one attached hydrogen (secondary N) is 2. The van der Waals surface area contributed by atoms with Crippen molar-refractivity contribution in [3.63, 3.8) is 0 Å². The summed E-state index contributed by atoms with van der Waals surface area (Å²) in [6.45, 7) is 4.51. The lowest BCUT2D eigenvalue weighted by Gasteiger charge is -2.19. The number of amides is 2. The van der Waals surface area contributed by atoms with Gasteiger partial charge < -0.3 is 19.9 Å². The Hall–Kier alpha value is -2.01. The minimum absolute atomic E-state index is 0.0892. The molecule has 2 N–H and O–H groups in total. The molecule has 2 amide bonds. The number of aromatic nitrogens is 1. The third-order valence-electron chi connectivity index (χ3n) is 6.42. The molecule has 0 aliphatic carbocycles. The Labute approximate surface area is 147 Å². The van der Waals surface area contributed by atoms with Gasteiger partial charge in [0.1, 0.15) is 0 Å². The fourth-order valence-electron chi connectivity index (χ4n) is 5.19. The average Bonchev–Trinajstić information content (AvgIpc) is 3.35. The van der Waals surface area contributed by atoms with Crippen LogP contribution in [0.3, 0.4) is 0 Å². The van der Waals surface area contributed by atoms with Crippen LogP contribution in [0, 0.1) is 18.8 Å². The number of fused-ring (bicyclic) bond motifs is 6. The second kappa shape index (κ2) is 5.77. The number of para-hydroxylation sites is 1. The third-order valence-corrected chi connectivity index (χ3v) is 6.42. The number of rotatable bonds is 3. The van der Waals surface area contributed by atoms with Crippen LogP contribution < -0.4 is 5.32 Å². The second-order valence-corrected chi connectivity index (χ2v) is 7.78. The molecule has 5 nitrogen and oxygen atoms in total. The highest BCUT2D eigenvalue weighted by Crippen LogP contribution is 2.47. The molecule has 4 heterocycles. The van der Waals surface area contributed by atoms with E-state index in [2.05, 4.69) is 35.4 Å². The van der Waals surface area contributed by atoms with Gasteiger partial charge in [-0.3, -0.25) is 0 Å². The molecule has 0 spiro atoms.